The molecular formula is C25H21N3O5. The van der Waals surface area contributed by atoms with Crippen LogP contribution in [0.1, 0.15) is 32.6 Å². The number of nitrogens with one attached hydrogen (secondary N) is 3. The Balaban J connectivity index is 1.45. The number of carbonyl (C=O) groups is 3. The third-order valence-corrected chi connectivity index (χ3v) is 5.16. The molecule has 33 heavy (non-hydrogen) atoms. The second-order valence-electron chi connectivity index (χ2n) is 7.44. The van der Waals surface area contributed by atoms with Gasteiger partial charge in [-0.1, -0.05) is 42.5 Å². The normalized spacial score (nSPS) is 13.4. The highest BCUT2D eigenvalue weighted by Gasteiger charge is 2.24. The van der Waals surface area contributed by atoms with Crippen LogP contribution in [0.15, 0.2) is 66.7 Å². The van der Waals surface area contributed by atoms with E-state index in [1.165, 1.54) is 12.1 Å². The molecule has 4 amide bonds. The van der Waals surface area contributed by atoms with E-state index in [1.54, 1.807) is 48.5 Å². The second-order valence-corrected chi connectivity index (χ2v) is 7.44. The van der Waals surface area contributed by atoms with Crippen molar-refractivity contribution in [2.45, 2.75) is 13.2 Å². The Morgan fingerprint density at radius 3 is 2.15 bits per heavy atom. The average Bonchev–Trinajstić information content (AvgIpc) is 3.13. The quantitative estimate of drug-likeness (QED) is 0.387. The number of urea groups is 1. The van der Waals surface area contributed by atoms with Crippen molar-refractivity contribution in [3.8, 4) is 0 Å². The predicted octanol–water partition coefficient (Wildman–Crippen LogP) is 3.13. The summed E-state index contributed by atoms with van der Waals surface area (Å²) in [7, 11) is 0. The highest BCUT2D eigenvalue weighted by molar-refractivity contribution is 6.35. The van der Waals surface area contributed by atoms with Gasteiger partial charge in [-0.05, 0) is 47.0 Å². The predicted molar refractivity (Wildman–Crippen MR) is 124 cm³/mol. The van der Waals surface area contributed by atoms with Crippen LogP contribution in [0.25, 0.3) is 11.6 Å². The van der Waals surface area contributed by atoms with Gasteiger partial charge in [0.15, 0.2) is 0 Å². The van der Waals surface area contributed by atoms with Gasteiger partial charge in [-0.25, -0.2) is 4.79 Å². The Morgan fingerprint density at radius 1 is 0.879 bits per heavy atom. The molecule has 0 saturated heterocycles. The van der Waals surface area contributed by atoms with Crippen molar-refractivity contribution in [3.05, 3.63) is 94.5 Å². The number of imide groups is 1. The van der Waals surface area contributed by atoms with Crippen molar-refractivity contribution in [2.24, 2.45) is 0 Å². The molecule has 166 valence electrons. The van der Waals surface area contributed by atoms with Gasteiger partial charge in [0.2, 0.25) is 0 Å². The second kappa shape index (κ2) is 9.47. The standard InChI is InChI=1S/C25H21N3O5/c29-13-16-3-1-15(2-4-16)11-21-20-10-9-19(12-22(20)27-24(21)32)26-25(33)28-23(31)18-7-5-17(14-30)6-8-18/h1-12,29-30H,13-14H2,(H,27,32)(H2,26,28,31,33)/b21-11+. The smallest absolute Gasteiger partial charge is 0.326 e. The van der Waals surface area contributed by atoms with E-state index in [2.05, 4.69) is 16.0 Å². The molecule has 1 heterocycles. The van der Waals surface area contributed by atoms with E-state index in [1.807, 2.05) is 12.1 Å². The molecular weight excluding hydrogens is 422 g/mol. The van der Waals surface area contributed by atoms with Crippen LogP contribution in [0.2, 0.25) is 0 Å². The van der Waals surface area contributed by atoms with Crippen LogP contribution in [0.3, 0.4) is 0 Å². The Kier molecular flexibility index (Phi) is 6.30. The molecule has 0 spiro atoms. The van der Waals surface area contributed by atoms with Gasteiger partial charge < -0.3 is 20.8 Å². The van der Waals surface area contributed by atoms with E-state index in [-0.39, 0.29) is 24.7 Å². The van der Waals surface area contributed by atoms with Crippen LogP contribution in [0.5, 0.6) is 0 Å². The summed E-state index contributed by atoms with van der Waals surface area (Å²) in [5, 5.41) is 25.8. The first kappa shape index (κ1) is 21.9. The third-order valence-electron chi connectivity index (χ3n) is 5.16. The van der Waals surface area contributed by atoms with Crippen molar-refractivity contribution in [2.75, 3.05) is 10.6 Å². The number of rotatable bonds is 5. The molecule has 0 fully saturated rings. The molecule has 0 saturated carbocycles. The summed E-state index contributed by atoms with van der Waals surface area (Å²) in [6, 6.07) is 17.7. The zero-order chi connectivity index (χ0) is 23.4. The zero-order valence-electron chi connectivity index (χ0n) is 17.5. The van der Waals surface area contributed by atoms with E-state index in [9.17, 15) is 14.4 Å². The van der Waals surface area contributed by atoms with E-state index in [0.717, 1.165) is 11.1 Å². The monoisotopic (exact) mass is 443 g/mol. The number of carbonyl (C=O) groups excluding carboxylic acids is 3. The molecule has 8 heteroatoms. The van der Waals surface area contributed by atoms with Crippen molar-refractivity contribution >= 4 is 40.9 Å². The van der Waals surface area contributed by atoms with Crippen molar-refractivity contribution < 1.29 is 24.6 Å². The van der Waals surface area contributed by atoms with Crippen LogP contribution >= 0.6 is 0 Å². The maximum absolute atomic E-state index is 12.5. The summed E-state index contributed by atoms with van der Waals surface area (Å²) in [6.07, 6.45) is 1.75. The van der Waals surface area contributed by atoms with Gasteiger partial charge in [0.05, 0.1) is 18.9 Å². The zero-order valence-corrected chi connectivity index (χ0v) is 17.5. The molecule has 1 aliphatic rings. The van der Waals surface area contributed by atoms with Gasteiger partial charge in [0, 0.05) is 22.4 Å². The van der Waals surface area contributed by atoms with Gasteiger partial charge in [-0.15, -0.1) is 0 Å². The minimum absolute atomic E-state index is 0.0505. The number of aliphatic hydroxyl groups is 2. The van der Waals surface area contributed by atoms with Crippen LogP contribution in [0, 0.1) is 0 Å². The minimum Gasteiger partial charge on any atom is -0.392 e. The van der Waals surface area contributed by atoms with Crippen LogP contribution in [-0.4, -0.2) is 28.1 Å². The summed E-state index contributed by atoms with van der Waals surface area (Å²) >= 11 is 0. The highest BCUT2D eigenvalue weighted by atomic mass is 16.3. The fourth-order valence-electron chi connectivity index (χ4n) is 3.40. The molecule has 8 nitrogen and oxygen atoms in total. The average molecular weight is 443 g/mol. The Labute approximate surface area is 189 Å². The number of fused-ring (bicyclic) bond motifs is 1. The molecule has 0 aromatic heterocycles. The number of hydrogen-bond acceptors (Lipinski definition) is 5. The minimum atomic E-state index is -0.713. The first-order valence-corrected chi connectivity index (χ1v) is 10.2. The fourth-order valence-corrected chi connectivity index (χ4v) is 3.40. The molecule has 0 atom stereocenters. The van der Waals surface area contributed by atoms with Crippen molar-refractivity contribution in [1.82, 2.24) is 5.32 Å². The Bertz CT molecular complexity index is 1250. The molecule has 3 aromatic rings. The summed E-state index contributed by atoms with van der Waals surface area (Å²) in [6.45, 7) is -0.185. The SMILES string of the molecule is O=C(NC(=O)c1ccc(CO)cc1)Nc1ccc2c(c1)NC(=O)/C2=C/c1ccc(CO)cc1. The molecule has 0 radical (unpaired) electrons. The Morgan fingerprint density at radius 2 is 1.52 bits per heavy atom. The summed E-state index contributed by atoms with van der Waals surface area (Å²) in [5.74, 6) is -0.844. The van der Waals surface area contributed by atoms with Crippen LogP contribution in [0.4, 0.5) is 16.2 Å². The van der Waals surface area contributed by atoms with Crippen molar-refractivity contribution in [1.29, 1.82) is 0 Å². The van der Waals surface area contributed by atoms with Crippen LogP contribution in [-0.2, 0) is 18.0 Å². The molecule has 0 bridgehead atoms. The molecule has 1 aliphatic heterocycles. The van der Waals surface area contributed by atoms with Gasteiger partial charge >= 0.3 is 6.03 Å². The molecule has 3 aromatic carbocycles. The van der Waals surface area contributed by atoms with E-state index < -0.39 is 11.9 Å². The van der Waals surface area contributed by atoms with Crippen LogP contribution < -0.4 is 16.0 Å². The Hall–Kier alpha value is -4.27. The van der Waals surface area contributed by atoms with Gasteiger partial charge in [-0.2, -0.15) is 0 Å². The number of hydrogen-bond donors (Lipinski definition) is 5. The van der Waals surface area contributed by atoms with E-state index >= 15 is 0 Å². The summed E-state index contributed by atoms with van der Waals surface area (Å²) < 4.78 is 0. The lowest BCUT2D eigenvalue weighted by Gasteiger charge is -2.08. The highest BCUT2D eigenvalue weighted by Crippen LogP contribution is 2.35. The first-order chi connectivity index (χ1) is 16.0. The maximum atomic E-state index is 12.5. The topological polar surface area (TPSA) is 128 Å². The summed E-state index contributed by atoms with van der Waals surface area (Å²) in [5.41, 5.74) is 4.67. The van der Waals surface area contributed by atoms with E-state index in [0.29, 0.717) is 28.1 Å². The largest absolute Gasteiger partial charge is 0.392 e. The maximum Gasteiger partial charge on any atom is 0.326 e. The molecule has 0 unspecified atom stereocenters. The number of benzene rings is 3. The van der Waals surface area contributed by atoms with Gasteiger partial charge in [0.1, 0.15) is 0 Å². The lowest BCUT2D eigenvalue weighted by atomic mass is 10.0. The lowest BCUT2D eigenvalue weighted by molar-refractivity contribution is -0.110. The number of aliphatic hydroxyl groups excluding tert-OH is 2. The van der Waals surface area contributed by atoms with E-state index in [4.69, 9.17) is 10.2 Å². The first-order valence-electron chi connectivity index (χ1n) is 10.2. The molecule has 0 aliphatic carbocycles. The molecule has 4 rings (SSSR count). The third kappa shape index (κ3) is 4.98. The number of amides is 4. The van der Waals surface area contributed by atoms with Gasteiger partial charge in [0.25, 0.3) is 11.8 Å². The molecule has 5 N–H and O–H groups in total. The summed E-state index contributed by atoms with van der Waals surface area (Å²) in [4.78, 5) is 36.9. The number of anilines is 2. The van der Waals surface area contributed by atoms with Gasteiger partial charge in [-0.3, -0.25) is 14.9 Å². The lowest BCUT2D eigenvalue weighted by Crippen LogP contribution is -2.34. The van der Waals surface area contributed by atoms with Crippen molar-refractivity contribution in [3.63, 3.8) is 0 Å². The fraction of sp³-hybridized carbons (Fsp3) is 0.0800.